The molecule has 1 aliphatic heterocycles. The largest absolute Gasteiger partial charge is 0.493 e. The number of nitrogens with one attached hydrogen (secondary N) is 2. The van der Waals surface area contributed by atoms with Crippen LogP contribution in [-0.4, -0.2) is 38.2 Å². The fraction of sp³-hybridized carbons (Fsp3) is 0.350. The number of ether oxygens (including phenoxy) is 1. The molecule has 5 nitrogen and oxygen atoms in total. The highest BCUT2D eigenvalue weighted by molar-refractivity contribution is 6.30. The zero-order valence-electron chi connectivity index (χ0n) is 15.1. The number of urea groups is 1. The highest BCUT2D eigenvalue weighted by atomic mass is 35.5. The number of fused-ring (bicyclic) bond motifs is 1. The molecule has 138 valence electrons. The van der Waals surface area contributed by atoms with Gasteiger partial charge in [0.15, 0.2) is 0 Å². The highest BCUT2D eigenvalue weighted by Gasteiger charge is 2.19. The van der Waals surface area contributed by atoms with Crippen LogP contribution in [0.5, 0.6) is 5.75 Å². The number of nitrogens with zero attached hydrogens (tertiary/aromatic N) is 1. The number of likely N-dealkylation sites (N-methyl/N-ethyl adjacent to an activating group) is 1. The molecule has 0 aliphatic carbocycles. The molecule has 0 radical (unpaired) electrons. The fourth-order valence-corrected chi connectivity index (χ4v) is 3.17. The van der Waals surface area contributed by atoms with Crippen molar-refractivity contribution in [3.63, 3.8) is 0 Å². The van der Waals surface area contributed by atoms with Crippen LogP contribution in [0, 0.1) is 0 Å². The number of amides is 2. The summed E-state index contributed by atoms with van der Waals surface area (Å²) in [5.41, 5.74) is 3.42. The highest BCUT2D eigenvalue weighted by Crippen LogP contribution is 2.29. The fourth-order valence-electron chi connectivity index (χ4n) is 3.05. The third kappa shape index (κ3) is 4.68. The minimum Gasteiger partial charge on any atom is -0.493 e. The smallest absolute Gasteiger partial charge is 0.315 e. The van der Waals surface area contributed by atoms with E-state index in [0.29, 0.717) is 18.1 Å². The Morgan fingerprint density at radius 1 is 1.19 bits per heavy atom. The molecular formula is C20H24ClN3O2. The van der Waals surface area contributed by atoms with Crippen molar-refractivity contribution in [1.29, 1.82) is 0 Å². The summed E-state index contributed by atoms with van der Waals surface area (Å²) >= 11 is 5.87. The van der Waals surface area contributed by atoms with Crippen molar-refractivity contribution in [2.75, 3.05) is 27.2 Å². The molecule has 2 N–H and O–H groups in total. The maximum absolute atomic E-state index is 12.1. The van der Waals surface area contributed by atoms with Crippen LogP contribution >= 0.6 is 11.6 Å². The van der Waals surface area contributed by atoms with Crippen molar-refractivity contribution in [3.8, 4) is 5.75 Å². The first-order chi connectivity index (χ1) is 12.5. The Balaban J connectivity index is 1.55. The van der Waals surface area contributed by atoms with Crippen molar-refractivity contribution >= 4 is 17.6 Å². The van der Waals surface area contributed by atoms with Gasteiger partial charge in [-0.25, -0.2) is 4.79 Å². The molecule has 1 atom stereocenters. The molecule has 6 heteroatoms. The Morgan fingerprint density at radius 2 is 1.96 bits per heavy atom. The van der Waals surface area contributed by atoms with Gasteiger partial charge < -0.3 is 20.3 Å². The molecule has 0 saturated carbocycles. The van der Waals surface area contributed by atoms with Gasteiger partial charge in [0.05, 0.1) is 12.6 Å². The lowest BCUT2D eigenvalue weighted by atomic mass is 10.0. The van der Waals surface area contributed by atoms with Crippen LogP contribution in [0.4, 0.5) is 4.79 Å². The molecule has 26 heavy (non-hydrogen) atoms. The molecule has 3 rings (SSSR count). The zero-order chi connectivity index (χ0) is 18.5. The number of carbonyl (C=O) groups excluding carboxylic acids is 1. The van der Waals surface area contributed by atoms with Gasteiger partial charge in [0.25, 0.3) is 0 Å². The molecule has 0 aromatic heterocycles. The van der Waals surface area contributed by atoms with Crippen molar-refractivity contribution in [2.45, 2.75) is 19.0 Å². The quantitative estimate of drug-likeness (QED) is 0.816. The lowest BCUT2D eigenvalue weighted by Crippen LogP contribution is -2.40. The van der Waals surface area contributed by atoms with Crippen molar-refractivity contribution in [1.82, 2.24) is 15.5 Å². The molecule has 2 aromatic rings. The molecule has 2 aromatic carbocycles. The second kappa shape index (κ2) is 8.43. The lowest BCUT2D eigenvalue weighted by Gasteiger charge is -2.25. The van der Waals surface area contributed by atoms with E-state index >= 15 is 0 Å². The van der Waals surface area contributed by atoms with Gasteiger partial charge in [0, 0.05) is 24.5 Å². The van der Waals surface area contributed by atoms with Gasteiger partial charge in [-0.3, -0.25) is 0 Å². The molecule has 0 fully saturated rings. The van der Waals surface area contributed by atoms with Gasteiger partial charge in [-0.2, -0.15) is 0 Å². The van der Waals surface area contributed by atoms with E-state index < -0.39 is 0 Å². The Hall–Kier alpha value is -2.24. The second-order valence-electron chi connectivity index (χ2n) is 6.64. The van der Waals surface area contributed by atoms with Gasteiger partial charge in [-0.15, -0.1) is 0 Å². The van der Waals surface area contributed by atoms with Gasteiger partial charge in [-0.05, 0) is 49.0 Å². The van der Waals surface area contributed by atoms with Crippen molar-refractivity contribution < 1.29 is 9.53 Å². The van der Waals surface area contributed by atoms with E-state index in [4.69, 9.17) is 16.3 Å². The molecule has 1 aliphatic rings. The number of hydrogen-bond acceptors (Lipinski definition) is 3. The Bertz CT molecular complexity index is 762. The van der Waals surface area contributed by atoms with Gasteiger partial charge in [0.1, 0.15) is 5.75 Å². The summed E-state index contributed by atoms with van der Waals surface area (Å²) in [5, 5.41) is 6.52. The van der Waals surface area contributed by atoms with E-state index in [1.165, 1.54) is 11.1 Å². The van der Waals surface area contributed by atoms with Gasteiger partial charge >= 0.3 is 6.03 Å². The second-order valence-corrected chi connectivity index (χ2v) is 7.07. The number of hydrogen-bond donors (Lipinski definition) is 2. The number of rotatable bonds is 6. The molecule has 2 amide bonds. The van der Waals surface area contributed by atoms with E-state index in [9.17, 15) is 4.79 Å². The minimum absolute atomic E-state index is 0.0992. The summed E-state index contributed by atoms with van der Waals surface area (Å²) in [6.45, 7) is 1.74. The van der Waals surface area contributed by atoms with E-state index in [1.54, 1.807) is 0 Å². The van der Waals surface area contributed by atoms with Crippen molar-refractivity contribution in [2.24, 2.45) is 0 Å². The average Bonchev–Trinajstić information content (AvgIpc) is 3.09. The van der Waals surface area contributed by atoms with Crippen LogP contribution in [0.3, 0.4) is 0 Å². The SMILES string of the molecule is CN(C)C(CNC(=O)NCc1ccc(Cl)cc1)c1ccc2c(c1)CCO2. The number of halogens is 1. The van der Waals surface area contributed by atoms with E-state index in [0.717, 1.165) is 24.3 Å². The van der Waals surface area contributed by atoms with Crippen LogP contribution in [0.15, 0.2) is 42.5 Å². The van der Waals surface area contributed by atoms with E-state index in [2.05, 4.69) is 27.7 Å². The first kappa shape index (κ1) is 18.5. The lowest BCUT2D eigenvalue weighted by molar-refractivity contribution is 0.232. The molecular weight excluding hydrogens is 350 g/mol. The maximum atomic E-state index is 12.1. The van der Waals surface area contributed by atoms with Crippen molar-refractivity contribution in [3.05, 3.63) is 64.2 Å². The van der Waals surface area contributed by atoms with Crippen LogP contribution in [0.2, 0.25) is 5.02 Å². The Morgan fingerprint density at radius 3 is 2.69 bits per heavy atom. The summed E-state index contributed by atoms with van der Waals surface area (Å²) < 4.78 is 5.57. The third-order valence-electron chi connectivity index (χ3n) is 4.54. The van der Waals surface area contributed by atoms with Gasteiger partial charge in [-0.1, -0.05) is 35.9 Å². The monoisotopic (exact) mass is 373 g/mol. The molecule has 0 spiro atoms. The summed E-state index contributed by atoms with van der Waals surface area (Å²) in [7, 11) is 4.03. The van der Waals surface area contributed by atoms with E-state index in [1.807, 2.05) is 44.4 Å². The van der Waals surface area contributed by atoms with Crippen LogP contribution < -0.4 is 15.4 Å². The Labute approximate surface area is 159 Å². The maximum Gasteiger partial charge on any atom is 0.315 e. The topological polar surface area (TPSA) is 53.6 Å². The number of benzene rings is 2. The Kier molecular flexibility index (Phi) is 6.01. The van der Waals surface area contributed by atoms with Crippen LogP contribution in [-0.2, 0) is 13.0 Å². The first-order valence-corrected chi connectivity index (χ1v) is 9.09. The van der Waals surface area contributed by atoms with Gasteiger partial charge in [0.2, 0.25) is 0 Å². The van der Waals surface area contributed by atoms with E-state index in [-0.39, 0.29) is 12.1 Å². The van der Waals surface area contributed by atoms with Crippen LogP contribution in [0.1, 0.15) is 22.7 Å². The molecule has 0 bridgehead atoms. The standard InChI is InChI=1S/C20H24ClN3O2/c1-24(2)18(15-5-8-19-16(11-15)9-10-26-19)13-23-20(25)22-12-14-3-6-17(21)7-4-14/h3-8,11,18H,9-10,12-13H2,1-2H3,(H2,22,23,25). The molecule has 0 saturated heterocycles. The van der Waals surface area contributed by atoms with Crippen LogP contribution in [0.25, 0.3) is 0 Å². The zero-order valence-corrected chi connectivity index (χ0v) is 15.8. The predicted molar refractivity (Wildman–Crippen MR) is 104 cm³/mol. The normalized spacial score (nSPS) is 13.8. The average molecular weight is 374 g/mol. The summed E-state index contributed by atoms with van der Waals surface area (Å²) in [6.07, 6.45) is 0.943. The molecule has 1 unspecified atom stereocenters. The molecule has 1 heterocycles. The summed E-state index contributed by atoms with van der Waals surface area (Å²) in [4.78, 5) is 14.3. The summed E-state index contributed by atoms with van der Waals surface area (Å²) in [6, 6.07) is 13.6. The summed E-state index contributed by atoms with van der Waals surface area (Å²) in [5.74, 6) is 0.972. The first-order valence-electron chi connectivity index (χ1n) is 8.71. The third-order valence-corrected chi connectivity index (χ3v) is 4.80. The number of carbonyl (C=O) groups is 1. The predicted octanol–water partition coefficient (Wildman–Crippen LogP) is 3.38. The minimum atomic E-state index is -0.184.